The highest BCUT2D eigenvalue weighted by Gasteiger charge is 2.57. The summed E-state index contributed by atoms with van der Waals surface area (Å²) in [6.07, 6.45) is 0.486. The van der Waals surface area contributed by atoms with Crippen LogP contribution in [0.2, 0.25) is 0 Å². The molecule has 1 fully saturated rings. The smallest absolute Gasteiger partial charge is 0.323 e. The van der Waals surface area contributed by atoms with Crippen molar-refractivity contribution in [1.29, 1.82) is 0 Å². The Bertz CT molecular complexity index is 331. The summed E-state index contributed by atoms with van der Waals surface area (Å²) in [5, 5.41) is 0. The molecule has 0 N–H and O–H groups in total. The Morgan fingerprint density at radius 3 is 1.82 bits per heavy atom. The Morgan fingerprint density at radius 1 is 1.06 bits per heavy atom. The van der Waals surface area contributed by atoms with Crippen LogP contribution in [0.25, 0.3) is 0 Å². The maximum atomic E-state index is 11.8. The van der Waals surface area contributed by atoms with Gasteiger partial charge in [-0.1, -0.05) is 6.92 Å². The summed E-state index contributed by atoms with van der Waals surface area (Å²) in [6, 6.07) is 0. The summed E-state index contributed by atoms with van der Waals surface area (Å²) in [5.41, 5.74) is -1.31. The molecule has 0 unspecified atom stereocenters. The summed E-state index contributed by atoms with van der Waals surface area (Å²) >= 11 is 0. The molecule has 0 aliphatic heterocycles. The third-order valence-corrected chi connectivity index (χ3v) is 3.60. The van der Waals surface area contributed by atoms with Crippen molar-refractivity contribution < 1.29 is 23.9 Å². The minimum absolute atomic E-state index is 0.00724. The first kappa shape index (κ1) is 13.7. The van der Waals surface area contributed by atoms with Gasteiger partial charge in [0.25, 0.3) is 0 Å². The van der Waals surface area contributed by atoms with Crippen LogP contribution in [0.1, 0.15) is 26.7 Å². The third kappa shape index (κ3) is 2.18. The van der Waals surface area contributed by atoms with Crippen LogP contribution in [-0.4, -0.2) is 31.9 Å². The van der Waals surface area contributed by atoms with Gasteiger partial charge in [0.05, 0.1) is 14.2 Å². The SMILES string of the molecule is COC(=O)C1(C(=O)OC)C[C@@H](C)[C@H](C(C)=O)C1. The van der Waals surface area contributed by atoms with Crippen LogP contribution in [-0.2, 0) is 23.9 Å². The average Bonchev–Trinajstić information content (AvgIpc) is 2.66. The van der Waals surface area contributed by atoms with Crippen LogP contribution < -0.4 is 0 Å². The van der Waals surface area contributed by atoms with Crippen molar-refractivity contribution in [2.24, 2.45) is 17.3 Å². The van der Waals surface area contributed by atoms with Crippen molar-refractivity contribution in [3.63, 3.8) is 0 Å². The number of hydrogen-bond acceptors (Lipinski definition) is 5. The van der Waals surface area contributed by atoms with E-state index in [9.17, 15) is 14.4 Å². The van der Waals surface area contributed by atoms with E-state index >= 15 is 0 Å². The molecule has 17 heavy (non-hydrogen) atoms. The second-order valence-electron chi connectivity index (χ2n) is 4.67. The molecule has 0 saturated heterocycles. The maximum Gasteiger partial charge on any atom is 0.323 e. The lowest BCUT2D eigenvalue weighted by atomic mass is 9.84. The molecule has 0 heterocycles. The molecule has 2 atom stereocenters. The number of hydrogen-bond donors (Lipinski definition) is 0. The highest BCUT2D eigenvalue weighted by atomic mass is 16.5. The molecular weight excluding hydrogens is 224 g/mol. The Hall–Kier alpha value is -1.39. The zero-order valence-corrected chi connectivity index (χ0v) is 10.6. The Labute approximate surface area is 100 Å². The van der Waals surface area contributed by atoms with E-state index in [1.807, 2.05) is 6.92 Å². The number of rotatable bonds is 3. The molecule has 0 amide bonds. The van der Waals surface area contributed by atoms with Crippen LogP contribution in [0.5, 0.6) is 0 Å². The molecule has 1 aliphatic rings. The highest BCUT2D eigenvalue weighted by Crippen LogP contribution is 2.47. The van der Waals surface area contributed by atoms with Crippen molar-refractivity contribution in [3.8, 4) is 0 Å². The van der Waals surface area contributed by atoms with Gasteiger partial charge >= 0.3 is 11.9 Å². The molecule has 0 radical (unpaired) electrons. The van der Waals surface area contributed by atoms with Crippen LogP contribution >= 0.6 is 0 Å². The summed E-state index contributed by atoms with van der Waals surface area (Å²) in [4.78, 5) is 35.1. The van der Waals surface area contributed by atoms with Gasteiger partial charge in [0.1, 0.15) is 5.78 Å². The van der Waals surface area contributed by atoms with Crippen LogP contribution in [0, 0.1) is 17.3 Å². The van der Waals surface area contributed by atoms with Gasteiger partial charge in [-0.2, -0.15) is 0 Å². The topological polar surface area (TPSA) is 69.7 Å². The Balaban J connectivity index is 3.08. The van der Waals surface area contributed by atoms with E-state index in [2.05, 4.69) is 9.47 Å². The molecule has 0 aromatic heterocycles. The van der Waals surface area contributed by atoms with Gasteiger partial charge in [0.2, 0.25) is 0 Å². The van der Waals surface area contributed by atoms with E-state index < -0.39 is 17.4 Å². The second kappa shape index (κ2) is 4.85. The first-order valence-corrected chi connectivity index (χ1v) is 5.56. The number of Topliss-reactive ketones (excluding diaryl/α,β-unsaturated/α-hetero) is 1. The minimum atomic E-state index is -1.31. The lowest BCUT2D eigenvalue weighted by molar-refractivity contribution is -0.169. The fourth-order valence-corrected chi connectivity index (χ4v) is 2.70. The molecule has 0 spiro atoms. The molecule has 1 aliphatic carbocycles. The molecule has 5 nitrogen and oxygen atoms in total. The fourth-order valence-electron chi connectivity index (χ4n) is 2.70. The zero-order chi connectivity index (χ0) is 13.2. The van der Waals surface area contributed by atoms with Crippen LogP contribution in [0.15, 0.2) is 0 Å². The van der Waals surface area contributed by atoms with Crippen LogP contribution in [0.3, 0.4) is 0 Å². The van der Waals surface area contributed by atoms with Crippen molar-refractivity contribution in [3.05, 3.63) is 0 Å². The van der Waals surface area contributed by atoms with E-state index in [-0.39, 0.29) is 24.0 Å². The Kier molecular flexibility index (Phi) is 3.91. The molecule has 1 rings (SSSR count). The number of ether oxygens (including phenoxy) is 2. The predicted octanol–water partition coefficient (Wildman–Crippen LogP) is 0.954. The lowest BCUT2D eigenvalue weighted by Gasteiger charge is -2.22. The second-order valence-corrected chi connectivity index (χ2v) is 4.67. The molecule has 0 aromatic carbocycles. The largest absolute Gasteiger partial charge is 0.468 e. The first-order valence-electron chi connectivity index (χ1n) is 5.56. The van der Waals surface area contributed by atoms with Crippen molar-refractivity contribution in [2.45, 2.75) is 26.7 Å². The van der Waals surface area contributed by atoms with E-state index in [0.29, 0.717) is 6.42 Å². The minimum Gasteiger partial charge on any atom is -0.468 e. The van der Waals surface area contributed by atoms with Gasteiger partial charge in [-0.25, -0.2) is 0 Å². The molecule has 0 aromatic rings. The monoisotopic (exact) mass is 242 g/mol. The highest BCUT2D eigenvalue weighted by molar-refractivity contribution is 6.01. The quantitative estimate of drug-likeness (QED) is 0.544. The summed E-state index contributed by atoms with van der Waals surface area (Å²) < 4.78 is 9.37. The normalized spacial score (nSPS) is 26.4. The molecule has 96 valence electrons. The standard InChI is InChI=1S/C12H18O5/c1-7-5-12(10(14)16-3,11(15)17-4)6-9(7)8(2)13/h7,9H,5-6H2,1-4H3/t7-,9-/m1/s1. The number of esters is 2. The zero-order valence-electron chi connectivity index (χ0n) is 10.6. The van der Waals surface area contributed by atoms with E-state index in [4.69, 9.17) is 0 Å². The van der Waals surface area contributed by atoms with E-state index in [1.54, 1.807) is 0 Å². The Morgan fingerprint density at radius 2 is 1.53 bits per heavy atom. The number of ketones is 1. The average molecular weight is 242 g/mol. The van der Waals surface area contributed by atoms with Crippen molar-refractivity contribution in [2.75, 3.05) is 14.2 Å². The van der Waals surface area contributed by atoms with Gasteiger partial charge in [-0.05, 0) is 25.7 Å². The van der Waals surface area contributed by atoms with Gasteiger partial charge in [-0.15, -0.1) is 0 Å². The fraction of sp³-hybridized carbons (Fsp3) is 0.750. The van der Waals surface area contributed by atoms with E-state index in [1.165, 1.54) is 21.1 Å². The van der Waals surface area contributed by atoms with Gasteiger partial charge in [-0.3, -0.25) is 14.4 Å². The molecule has 1 saturated carbocycles. The van der Waals surface area contributed by atoms with Gasteiger partial charge < -0.3 is 9.47 Å². The first-order chi connectivity index (χ1) is 7.89. The maximum absolute atomic E-state index is 11.8. The summed E-state index contributed by atoms with van der Waals surface area (Å²) in [6.45, 7) is 3.34. The summed E-state index contributed by atoms with van der Waals surface area (Å²) in [5.74, 6) is -1.54. The molecule has 0 bridgehead atoms. The number of carbonyl (C=O) groups excluding carboxylic acids is 3. The van der Waals surface area contributed by atoms with Gasteiger partial charge in [0.15, 0.2) is 5.41 Å². The number of methoxy groups -OCH3 is 2. The molecule has 5 heteroatoms. The third-order valence-electron chi connectivity index (χ3n) is 3.60. The summed E-state index contributed by atoms with van der Waals surface area (Å²) in [7, 11) is 2.47. The predicted molar refractivity (Wildman–Crippen MR) is 59.0 cm³/mol. The van der Waals surface area contributed by atoms with Crippen molar-refractivity contribution >= 4 is 17.7 Å². The van der Waals surface area contributed by atoms with Gasteiger partial charge in [0, 0.05) is 5.92 Å². The van der Waals surface area contributed by atoms with E-state index in [0.717, 1.165) is 0 Å². The number of carbonyl (C=O) groups is 3. The molecular formula is C12H18O5. The van der Waals surface area contributed by atoms with Crippen LogP contribution in [0.4, 0.5) is 0 Å². The van der Waals surface area contributed by atoms with Crippen molar-refractivity contribution in [1.82, 2.24) is 0 Å². The lowest BCUT2D eigenvalue weighted by Crippen LogP contribution is -2.39.